The second-order valence-corrected chi connectivity index (χ2v) is 4.45. The van der Waals surface area contributed by atoms with E-state index in [1.165, 1.54) is 7.11 Å². The van der Waals surface area contributed by atoms with Crippen LogP contribution in [-0.4, -0.2) is 43.2 Å². The van der Waals surface area contributed by atoms with Crippen LogP contribution in [0.4, 0.5) is 0 Å². The van der Waals surface area contributed by atoms with Crippen molar-refractivity contribution in [2.75, 3.05) is 20.2 Å². The van der Waals surface area contributed by atoms with Crippen LogP contribution in [0.15, 0.2) is 0 Å². The zero-order valence-corrected chi connectivity index (χ0v) is 9.90. The van der Waals surface area contributed by atoms with E-state index >= 15 is 0 Å². The molecule has 1 fully saturated rings. The van der Waals surface area contributed by atoms with Gasteiger partial charge in [-0.15, -0.1) is 0 Å². The minimum atomic E-state index is -0.137. The highest BCUT2D eigenvalue weighted by molar-refractivity contribution is 5.72. The first-order chi connectivity index (χ1) is 7.06. The summed E-state index contributed by atoms with van der Waals surface area (Å²) >= 11 is 0. The number of carbonyl (C=O) groups excluding carboxylic acids is 1. The molecule has 1 aliphatic heterocycles. The minimum Gasteiger partial charge on any atom is -0.469 e. The van der Waals surface area contributed by atoms with Gasteiger partial charge < -0.3 is 10.5 Å². The molecule has 88 valence electrons. The number of carbonyl (C=O) groups is 1. The van der Waals surface area contributed by atoms with E-state index in [-0.39, 0.29) is 24.0 Å². The van der Waals surface area contributed by atoms with E-state index in [4.69, 9.17) is 10.5 Å². The number of nitrogens with zero attached hydrogens (tertiary/aromatic N) is 1. The van der Waals surface area contributed by atoms with Crippen molar-refractivity contribution in [3.8, 4) is 0 Å². The Labute approximate surface area is 91.8 Å². The summed E-state index contributed by atoms with van der Waals surface area (Å²) in [6.45, 7) is 5.91. The predicted octanol–water partition coefficient (Wildman–Crippen LogP) is 0.607. The Hall–Kier alpha value is -0.610. The highest BCUT2D eigenvalue weighted by Gasteiger charge is 2.28. The Morgan fingerprint density at radius 2 is 2.20 bits per heavy atom. The molecular formula is C11H22N2O2. The van der Waals surface area contributed by atoms with Gasteiger partial charge in [-0.05, 0) is 26.3 Å². The first-order valence-corrected chi connectivity index (χ1v) is 5.63. The third kappa shape index (κ3) is 3.18. The third-order valence-electron chi connectivity index (χ3n) is 3.36. The molecule has 1 rings (SSSR count). The summed E-state index contributed by atoms with van der Waals surface area (Å²) in [4.78, 5) is 13.7. The van der Waals surface area contributed by atoms with Gasteiger partial charge in [0.25, 0.3) is 0 Å². The van der Waals surface area contributed by atoms with Crippen LogP contribution in [0, 0.1) is 5.92 Å². The van der Waals surface area contributed by atoms with Crippen LogP contribution in [0.25, 0.3) is 0 Å². The highest BCUT2D eigenvalue weighted by atomic mass is 16.5. The first-order valence-electron chi connectivity index (χ1n) is 5.63. The molecule has 1 saturated heterocycles. The summed E-state index contributed by atoms with van der Waals surface area (Å²) < 4.78 is 4.75. The summed E-state index contributed by atoms with van der Waals surface area (Å²) in [5, 5.41) is 0. The largest absolute Gasteiger partial charge is 0.469 e. The van der Waals surface area contributed by atoms with Gasteiger partial charge in [0, 0.05) is 18.6 Å². The van der Waals surface area contributed by atoms with Crippen molar-refractivity contribution in [3.63, 3.8) is 0 Å². The molecule has 0 spiro atoms. The number of ether oxygens (including phenoxy) is 1. The maximum atomic E-state index is 11.4. The van der Waals surface area contributed by atoms with Crippen molar-refractivity contribution >= 4 is 5.97 Å². The van der Waals surface area contributed by atoms with Gasteiger partial charge in [-0.2, -0.15) is 0 Å². The molecule has 0 bridgehead atoms. The maximum absolute atomic E-state index is 11.4. The number of piperidine rings is 1. The standard InChI is InChI=1S/C11H22N2O2/c1-8(11(14)15-3)9(2)13-6-4-5-10(12)7-13/h8-10H,4-7,12H2,1-3H3. The van der Waals surface area contributed by atoms with Crippen LogP contribution in [0.3, 0.4) is 0 Å². The van der Waals surface area contributed by atoms with Gasteiger partial charge in [0.05, 0.1) is 13.0 Å². The Bertz CT molecular complexity index is 221. The molecule has 0 aromatic carbocycles. The lowest BCUT2D eigenvalue weighted by Crippen LogP contribution is -2.50. The second-order valence-electron chi connectivity index (χ2n) is 4.45. The fourth-order valence-corrected chi connectivity index (χ4v) is 2.11. The number of hydrogen-bond donors (Lipinski definition) is 1. The molecule has 0 aromatic heterocycles. The van der Waals surface area contributed by atoms with E-state index in [2.05, 4.69) is 11.8 Å². The highest BCUT2D eigenvalue weighted by Crippen LogP contribution is 2.17. The van der Waals surface area contributed by atoms with Crippen molar-refractivity contribution < 1.29 is 9.53 Å². The lowest BCUT2D eigenvalue weighted by molar-refractivity contribution is -0.147. The van der Waals surface area contributed by atoms with E-state index in [1.54, 1.807) is 0 Å². The Balaban J connectivity index is 2.51. The first kappa shape index (κ1) is 12.5. The second kappa shape index (κ2) is 5.47. The smallest absolute Gasteiger partial charge is 0.309 e. The minimum absolute atomic E-state index is 0.0831. The van der Waals surface area contributed by atoms with Gasteiger partial charge in [0.15, 0.2) is 0 Å². The monoisotopic (exact) mass is 214 g/mol. The molecule has 0 radical (unpaired) electrons. The fraction of sp³-hybridized carbons (Fsp3) is 0.909. The lowest BCUT2D eigenvalue weighted by Gasteiger charge is -2.37. The van der Waals surface area contributed by atoms with Gasteiger partial charge in [0.1, 0.15) is 0 Å². The third-order valence-corrected chi connectivity index (χ3v) is 3.36. The molecule has 3 atom stereocenters. The van der Waals surface area contributed by atoms with Gasteiger partial charge in [-0.3, -0.25) is 9.69 Å². The topological polar surface area (TPSA) is 55.6 Å². The molecule has 1 heterocycles. The number of hydrogen-bond acceptors (Lipinski definition) is 4. The Morgan fingerprint density at radius 1 is 1.53 bits per heavy atom. The van der Waals surface area contributed by atoms with Crippen LogP contribution in [0.5, 0.6) is 0 Å². The van der Waals surface area contributed by atoms with Crippen LogP contribution < -0.4 is 5.73 Å². The number of methoxy groups -OCH3 is 1. The number of rotatable bonds is 3. The Kier molecular flexibility index (Phi) is 4.54. The molecule has 4 nitrogen and oxygen atoms in total. The molecule has 15 heavy (non-hydrogen) atoms. The fourth-order valence-electron chi connectivity index (χ4n) is 2.11. The number of nitrogens with two attached hydrogens (primary N) is 1. The lowest BCUT2D eigenvalue weighted by atomic mass is 9.98. The Morgan fingerprint density at radius 3 is 2.73 bits per heavy atom. The van der Waals surface area contributed by atoms with Crippen LogP contribution >= 0.6 is 0 Å². The van der Waals surface area contributed by atoms with E-state index < -0.39 is 0 Å². The van der Waals surface area contributed by atoms with Crippen molar-refractivity contribution in [2.45, 2.75) is 38.8 Å². The zero-order chi connectivity index (χ0) is 11.4. The quantitative estimate of drug-likeness (QED) is 0.699. The van der Waals surface area contributed by atoms with E-state index in [0.29, 0.717) is 0 Å². The van der Waals surface area contributed by atoms with Gasteiger partial charge in [-0.25, -0.2) is 0 Å². The molecule has 1 aliphatic rings. The van der Waals surface area contributed by atoms with E-state index in [0.717, 1.165) is 25.9 Å². The molecule has 2 N–H and O–H groups in total. The molecule has 4 heteroatoms. The molecule has 0 aliphatic carbocycles. The molecule has 0 aromatic rings. The van der Waals surface area contributed by atoms with Gasteiger partial charge >= 0.3 is 5.97 Å². The summed E-state index contributed by atoms with van der Waals surface area (Å²) in [6, 6.07) is 0.467. The predicted molar refractivity (Wildman–Crippen MR) is 59.4 cm³/mol. The average molecular weight is 214 g/mol. The average Bonchev–Trinajstić information content (AvgIpc) is 2.26. The normalized spacial score (nSPS) is 27.1. The number of likely N-dealkylation sites (tertiary alicyclic amines) is 1. The van der Waals surface area contributed by atoms with Crippen molar-refractivity contribution in [1.29, 1.82) is 0 Å². The molecule has 0 saturated carbocycles. The summed E-state index contributed by atoms with van der Waals surface area (Å²) in [6.07, 6.45) is 2.22. The molecule has 0 amide bonds. The summed E-state index contributed by atoms with van der Waals surface area (Å²) in [5.41, 5.74) is 5.91. The van der Waals surface area contributed by atoms with E-state index in [1.807, 2.05) is 6.92 Å². The summed E-state index contributed by atoms with van der Waals surface area (Å²) in [7, 11) is 1.44. The summed E-state index contributed by atoms with van der Waals surface area (Å²) in [5.74, 6) is -0.220. The maximum Gasteiger partial charge on any atom is 0.309 e. The van der Waals surface area contributed by atoms with Crippen molar-refractivity contribution in [1.82, 2.24) is 4.90 Å². The van der Waals surface area contributed by atoms with Crippen molar-refractivity contribution in [2.24, 2.45) is 11.7 Å². The SMILES string of the molecule is COC(=O)C(C)C(C)N1CCCC(N)C1. The zero-order valence-electron chi connectivity index (χ0n) is 9.90. The number of esters is 1. The van der Waals surface area contributed by atoms with Gasteiger partial charge in [0.2, 0.25) is 0 Å². The van der Waals surface area contributed by atoms with E-state index in [9.17, 15) is 4.79 Å². The molecule has 3 unspecified atom stereocenters. The molecular weight excluding hydrogens is 192 g/mol. The van der Waals surface area contributed by atoms with Crippen LogP contribution in [-0.2, 0) is 9.53 Å². The van der Waals surface area contributed by atoms with Crippen LogP contribution in [0.2, 0.25) is 0 Å². The van der Waals surface area contributed by atoms with Gasteiger partial charge in [-0.1, -0.05) is 6.92 Å². The van der Waals surface area contributed by atoms with Crippen LogP contribution in [0.1, 0.15) is 26.7 Å². The van der Waals surface area contributed by atoms with Crippen molar-refractivity contribution in [3.05, 3.63) is 0 Å².